The van der Waals surface area contributed by atoms with E-state index >= 15 is 0 Å². The maximum absolute atomic E-state index is 13.1. The van der Waals surface area contributed by atoms with Gasteiger partial charge in [-0.25, -0.2) is 0 Å². The number of carbonyl (C=O) groups excluding carboxylic acids is 3. The highest BCUT2D eigenvalue weighted by atomic mass is 16.5. The Bertz CT molecular complexity index is 853. The molecule has 0 saturated heterocycles. The van der Waals surface area contributed by atoms with Gasteiger partial charge in [0, 0.05) is 37.2 Å². The predicted octanol–water partition coefficient (Wildman–Crippen LogP) is 4.55. The first-order chi connectivity index (χ1) is 13.4. The highest BCUT2D eigenvalue weighted by molar-refractivity contribution is 6.09. The van der Waals surface area contributed by atoms with Gasteiger partial charge in [0.25, 0.3) is 0 Å². The van der Waals surface area contributed by atoms with Gasteiger partial charge in [0.15, 0.2) is 5.78 Å². The van der Waals surface area contributed by atoms with Crippen LogP contribution in [-0.2, 0) is 14.4 Å². The van der Waals surface area contributed by atoms with E-state index in [0.29, 0.717) is 17.7 Å². The summed E-state index contributed by atoms with van der Waals surface area (Å²) in [5, 5.41) is 10.8. The molecule has 1 fully saturated rings. The zero-order valence-corrected chi connectivity index (χ0v) is 17.9. The van der Waals surface area contributed by atoms with Crippen molar-refractivity contribution in [3.8, 4) is 5.75 Å². The van der Waals surface area contributed by atoms with Gasteiger partial charge in [0.1, 0.15) is 23.1 Å². The van der Waals surface area contributed by atoms with Crippen LogP contribution in [0, 0.1) is 16.7 Å². The lowest BCUT2D eigenvalue weighted by Gasteiger charge is -2.39. The number of hydrogen-bond donors (Lipinski definition) is 1. The quantitative estimate of drug-likeness (QED) is 0.752. The van der Waals surface area contributed by atoms with Gasteiger partial charge in [-0.3, -0.25) is 14.4 Å². The summed E-state index contributed by atoms with van der Waals surface area (Å²) in [6.45, 7) is 7.68. The Labute approximate surface area is 172 Å². The molecular formula is C24H30O5. The average molecular weight is 398 g/mol. The van der Waals surface area contributed by atoms with E-state index < -0.39 is 11.8 Å². The zero-order chi connectivity index (χ0) is 21.6. The van der Waals surface area contributed by atoms with Crippen LogP contribution in [0.4, 0.5) is 0 Å². The molecular weight excluding hydrogens is 368 g/mol. The molecule has 0 spiro atoms. The van der Waals surface area contributed by atoms with Crippen molar-refractivity contribution in [2.24, 2.45) is 16.7 Å². The van der Waals surface area contributed by atoms with Crippen LogP contribution in [0.15, 0.2) is 35.6 Å². The molecule has 2 aliphatic carbocycles. The Morgan fingerprint density at radius 3 is 1.90 bits per heavy atom. The average Bonchev–Trinajstić information content (AvgIpc) is 2.57. The smallest absolute Gasteiger partial charge is 0.163 e. The molecule has 5 nitrogen and oxygen atoms in total. The SMILES string of the molecule is COc1ccc([C@H](C2=C(O)CC(C)(C)CC2=O)C2C(=O)CC(C)(C)CC2=O)cc1. The van der Waals surface area contributed by atoms with Crippen molar-refractivity contribution in [3.05, 3.63) is 41.2 Å². The first-order valence-corrected chi connectivity index (χ1v) is 10.1. The van der Waals surface area contributed by atoms with E-state index in [0.717, 1.165) is 0 Å². The predicted molar refractivity (Wildman–Crippen MR) is 110 cm³/mol. The second-order valence-corrected chi connectivity index (χ2v) is 9.98. The molecule has 0 unspecified atom stereocenters. The minimum atomic E-state index is -0.946. The van der Waals surface area contributed by atoms with Crippen molar-refractivity contribution >= 4 is 17.3 Å². The van der Waals surface area contributed by atoms with Crippen molar-refractivity contribution < 1.29 is 24.2 Å². The Hall–Kier alpha value is -2.43. The lowest BCUT2D eigenvalue weighted by Crippen LogP contribution is -2.43. The normalized spacial score (nSPS) is 23.3. The van der Waals surface area contributed by atoms with Crippen molar-refractivity contribution in [3.63, 3.8) is 0 Å². The lowest BCUT2D eigenvalue weighted by molar-refractivity contribution is -0.140. The molecule has 3 rings (SSSR count). The molecule has 1 aromatic rings. The number of methoxy groups -OCH3 is 1. The number of ketones is 3. The lowest BCUT2D eigenvalue weighted by atomic mass is 9.62. The standard InChI is InChI=1S/C24H30O5/c1-23(2)10-16(25)21(17(26)11-23)20(14-6-8-15(29-5)9-7-14)22-18(27)12-24(3,4)13-19(22)28/h6-9,20-21,27H,10-13H2,1-5H3/t20-/m0/s1. The van der Waals surface area contributed by atoms with E-state index in [1.54, 1.807) is 31.4 Å². The van der Waals surface area contributed by atoms with E-state index in [2.05, 4.69) is 0 Å². The van der Waals surface area contributed by atoms with Crippen molar-refractivity contribution in [1.29, 1.82) is 0 Å². The maximum atomic E-state index is 13.1. The van der Waals surface area contributed by atoms with Crippen LogP contribution in [0.1, 0.15) is 64.9 Å². The summed E-state index contributed by atoms with van der Waals surface area (Å²) >= 11 is 0. The van der Waals surface area contributed by atoms with Gasteiger partial charge in [-0.2, -0.15) is 0 Å². The first-order valence-electron chi connectivity index (χ1n) is 10.1. The highest BCUT2D eigenvalue weighted by Gasteiger charge is 2.48. The van der Waals surface area contributed by atoms with Crippen LogP contribution in [0.25, 0.3) is 0 Å². The first kappa shape index (κ1) is 21.3. The summed E-state index contributed by atoms with van der Waals surface area (Å²) in [6.07, 6.45) is 1.19. The molecule has 156 valence electrons. The second kappa shape index (κ2) is 7.43. The summed E-state index contributed by atoms with van der Waals surface area (Å²) in [5.41, 5.74) is 0.162. The molecule has 0 aromatic heterocycles. The zero-order valence-electron chi connectivity index (χ0n) is 17.9. The number of ether oxygens (including phenoxy) is 1. The number of allylic oxidation sites excluding steroid dienone is 2. The Kier molecular flexibility index (Phi) is 5.46. The van der Waals surface area contributed by atoms with Crippen LogP contribution in [-0.4, -0.2) is 29.6 Å². The summed E-state index contributed by atoms with van der Waals surface area (Å²) in [7, 11) is 1.56. The molecule has 1 aromatic carbocycles. The van der Waals surface area contributed by atoms with Gasteiger partial charge in [0.2, 0.25) is 0 Å². The third-order valence-electron chi connectivity index (χ3n) is 6.02. The van der Waals surface area contributed by atoms with E-state index in [-0.39, 0.29) is 58.8 Å². The fourth-order valence-corrected chi connectivity index (χ4v) is 4.77. The van der Waals surface area contributed by atoms with Crippen molar-refractivity contribution in [2.45, 2.75) is 59.3 Å². The number of hydrogen-bond acceptors (Lipinski definition) is 5. The number of carbonyl (C=O) groups is 3. The number of rotatable bonds is 4. The van der Waals surface area contributed by atoms with Gasteiger partial charge in [0.05, 0.1) is 13.0 Å². The number of aliphatic hydroxyl groups excluding tert-OH is 1. The number of benzene rings is 1. The minimum Gasteiger partial charge on any atom is -0.512 e. The molecule has 29 heavy (non-hydrogen) atoms. The van der Waals surface area contributed by atoms with Crippen molar-refractivity contribution in [1.82, 2.24) is 0 Å². The molecule has 0 amide bonds. The third-order valence-corrected chi connectivity index (χ3v) is 6.02. The highest BCUT2D eigenvalue weighted by Crippen LogP contribution is 2.47. The largest absolute Gasteiger partial charge is 0.512 e. The summed E-state index contributed by atoms with van der Waals surface area (Å²) in [5.74, 6) is -1.58. The van der Waals surface area contributed by atoms with Crippen LogP contribution in [0.5, 0.6) is 5.75 Å². The Balaban J connectivity index is 2.14. The number of Topliss-reactive ketones (excluding diaryl/α,β-unsaturated/α-hetero) is 3. The third kappa shape index (κ3) is 4.29. The molecule has 2 aliphatic rings. The van der Waals surface area contributed by atoms with Gasteiger partial charge >= 0.3 is 0 Å². The van der Waals surface area contributed by atoms with Gasteiger partial charge in [-0.1, -0.05) is 39.8 Å². The van der Waals surface area contributed by atoms with E-state index in [1.165, 1.54) is 0 Å². The van der Waals surface area contributed by atoms with Crippen molar-refractivity contribution in [2.75, 3.05) is 7.11 Å². The minimum absolute atomic E-state index is 0.00231. The molecule has 0 heterocycles. The Morgan fingerprint density at radius 1 is 0.897 bits per heavy atom. The topological polar surface area (TPSA) is 80.7 Å². The van der Waals surface area contributed by atoms with Crippen LogP contribution in [0.2, 0.25) is 0 Å². The number of aliphatic hydroxyl groups is 1. The summed E-state index contributed by atoms with van der Waals surface area (Å²) in [4.78, 5) is 39.2. The molecule has 1 saturated carbocycles. The molecule has 1 N–H and O–H groups in total. The Morgan fingerprint density at radius 2 is 1.41 bits per heavy atom. The monoisotopic (exact) mass is 398 g/mol. The van der Waals surface area contributed by atoms with Crippen LogP contribution in [0.3, 0.4) is 0 Å². The van der Waals surface area contributed by atoms with E-state index in [9.17, 15) is 19.5 Å². The fourth-order valence-electron chi connectivity index (χ4n) is 4.77. The summed E-state index contributed by atoms with van der Waals surface area (Å²) in [6, 6.07) is 7.05. The van der Waals surface area contributed by atoms with E-state index in [1.807, 2.05) is 27.7 Å². The maximum Gasteiger partial charge on any atom is 0.163 e. The molecule has 1 atom stereocenters. The van der Waals surface area contributed by atoms with Gasteiger partial charge in [-0.15, -0.1) is 0 Å². The van der Waals surface area contributed by atoms with Gasteiger partial charge < -0.3 is 9.84 Å². The molecule has 0 aliphatic heterocycles. The second-order valence-electron chi connectivity index (χ2n) is 9.98. The molecule has 0 radical (unpaired) electrons. The van der Waals surface area contributed by atoms with Gasteiger partial charge in [-0.05, 0) is 28.5 Å². The summed E-state index contributed by atoms with van der Waals surface area (Å²) < 4.78 is 5.22. The van der Waals surface area contributed by atoms with E-state index in [4.69, 9.17) is 4.74 Å². The molecule has 0 bridgehead atoms. The molecule has 5 heteroatoms. The fraction of sp³-hybridized carbons (Fsp3) is 0.542. The van der Waals surface area contributed by atoms with Crippen LogP contribution < -0.4 is 4.74 Å². The van der Waals surface area contributed by atoms with Crippen LogP contribution >= 0.6 is 0 Å².